The summed E-state index contributed by atoms with van der Waals surface area (Å²) in [5.74, 6) is 10.8. The molecule has 0 radical (unpaired) electrons. The first-order valence-corrected chi connectivity index (χ1v) is 25.7. The van der Waals surface area contributed by atoms with E-state index in [4.69, 9.17) is 15.9 Å². The number of methoxy groups -OCH3 is 2. The summed E-state index contributed by atoms with van der Waals surface area (Å²) in [7, 11) is 3.18. The van der Waals surface area contributed by atoms with Crippen molar-refractivity contribution in [2.45, 2.75) is 48.3 Å². The van der Waals surface area contributed by atoms with Crippen molar-refractivity contribution in [2.24, 2.45) is 0 Å². The number of fused-ring (bicyclic) bond motifs is 2. The third kappa shape index (κ3) is 14.4. The number of ether oxygens (including phenoxy) is 2. The zero-order chi connectivity index (χ0) is 52.8. The van der Waals surface area contributed by atoms with Crippen molar-refractivity contribution in [3.8, 4) is 35.7 Å². The van der Waals surface area contributed by atoms with Gasteiger partial charge in [-0.05, 0) is 108 Å². The monoisotopic (exact) mass is 1070 g/mol. The number of urea groups is 2. The molecule has 4 fully saturated rings. The van der Waals surface area contributed by atoms with E-state index >= 15 is 0 Å². The topological polar surface area (TPSA) is 171 Å². The fourth-order valence-electron chi connectivity index (χ4n) is 9.64. The van der Waals surface area contributed by atoms with Crippen LogP contribution in [0.25, 0.3) is 0 Å². The third-order valence-electron chi connectivity index (χ3n) is 14.1. The molecule has 4 aliphatic heterocycles. The van der Waals surface area contributed by atoms with E-state index in [1.54, 1.807) is 72.6 Å². The van der Waals surface area contributed by atoms with Crippen molar-refractivity contribution in [2.75, 3.05) is 77.2 Å². The molecule has 0 aromatic heterocycles. The normalized spacial score (nSPS) is 23.1. The third-order valence-corrected chi connectivity index (χ3v) is 14.6. The lowest BCUT2D eigenvalue weighted by Crippen LogP contribution is -2.65. The second-order valence-corrected chi connectivity index (χ2v) is 19.9. The molecule has 0 saturated carbocycles. The number of carbonyl (C=O) groups excluding carboxylic acids is 2. The number of nitrogens with one attached hydrogen (secondary N) is 2. The molecule has 14 nitrogen and oxygen atoms in total. The van der Waals surface area contributed by atoms with Gasteiger partial charge in [0.15, 0.2) is 0 Å². The number of nitrogens with zero attached hydrogens (tertiary/aromatic N) is 4. The van der Waals surface area contributed by atoms with Gasteiger partial charge in [0, 0.05) is 95.7 Å². The van der Waals surface area contributed by atoms with E-state index in [9.17, 15) is 30.0 Å². The largest absolute Gasteiger partial charge is 0.497 e. The highest BCUT2D eigenvalue weighted by Gasteiger charge is 2.46. The van der Waals surface area contributed by atoms with Gasteiger partial charge < -0.3 is 50.3 Å². The average molecular weight is 1080 g/mol. The van der Waals surface area contributed by atoms with Crippen LogP contribution < -0.4 is 20.1 Å². The second kappa shape index (κ2) is 25.9. The zero-order valence-corrected chi connectivity index (χ0v) is 43.5. The quantitative estimate of drug-likeness (QED) is 0.0932. The van der Waals surface area contributed by atoms with E-state index in [0.717, 1.165) is 34.3 Å². The van der Waals surface area contributed by atoms with Gasteiger partial charge in [0.25, 0.3) is 0 Å². The summed E-state index contributed by atoms with van der Waals surface area (Å²) in [5.41, 5.74) is 6.53. The van der Waals surface area contributed by atoms with Crippen molar-refractivity contribution in [1.82, 2.24) is 19.6 Å². The van der Waals surface area contributed by atoms with Crippen molar-refractivity contribution in [3.05, 3.63) is 190 Å². The number of amides is 4. The van der Waals surface area contributed by atoms with Crippen molar-refractivity contribution >= 4 is 39.4 Å². The van der Waals surface area contributed by atoms with Crippen LogP contribution in [0.2, 0.25) is 0 Å². The van der Waals surface area contributed by atoms with Gasteiger partial charge >= 0.3 is 12.1 Å². The molecule has 0 spiro atoms. The number of anilines is 2. The smallest absolute Gasteiger partial charge is 0.321 e. The molecule has 10 rings (SSSR count). The number of benzene rings is 6. The van der Waals surface area contributed by atoms with E-state index in [1.165, 1.54) is 11.1 Å². The fraction of sp³-hybridized carbons (Fsp3) is 0.300. The molecule has 4 saturated heterocycles. The number of aliphatic hydroxyl groups is 4. The van der Waals surface area contributed by atoms with Gasteiger partial charge in [-0.1, -0.05) is 94.4 Å². The Kier molecular flexibility index (Phi) is 18.6. The van der Waals surface area contributed by atoms with Gasteiger partial charge in [0.05, 0.1) is 51.7 Å². The predicted molar refractivity (Wildman–Crippen MR) is 295 cm³/mol. The molecule has 6 aromatic carbocycles. The Bertz CT molecular complexity index is 2900. The Morgan fingerprint density at radius 3 is 1.25 bits per heavy atom. The van der Waals surface area contributed by atoms with Crippen LogP contribution in [0.5, 0.6) is 11.5 Å². The lowest BCUT2D eigenvalue weighted by molar-refractivity contribution is -0.0720. The van der Waals surface area contributed by atoms with Crippen LogP contribution in [0.4, 0.5) is 21.0 Å². The molecule has 0 unspecified atom stereocenters. The van der Waals surface area contributed by atoms with Gasteiger partial charge in [-0.25, -0.2) is 9.59 Å². The van der Waals surface area contributed by atoms with Gasteiger partial charge in [0.2, 0.25) is 0 Å². The summed E-state index contributed by atoms with van der Waals surface area (Å²) in [6.07, 6.45) is 1.29. The summed E-state index contributed by atoms with van der Waals surface area (Å²) in [4.78, 5) is 33.6. The Morgan fingerprint density at radius 1 is 0.493 bits per heavy atom. The lowest BCUT2D eigenvalue weighted by Gasteiger charge is -2.52. The second-order valence-electron chi connectivity index (χ2n) is 19.0. The minimum Gasteiger partial charge on any atom is -0.497 e. The Morgan fingerprint density at radius 2 is 0.867 bits per heavy atom. The van der Waals surface area contributed by atoms with E-state index in [1.807, 2.05) is 84.9 Å². The number of halogens is 1. The van der Waals surface area contributed by atoms with Crippen LogP contribution in [0.15, 0.2) is 162 Å². The Labute approximate surface area is 447 Å². The average Bonchev–Trinajstić information content (AvgIpc) is 3.43. The maximum absolute atomic E-state index is 13.1. The van der Waals surface area contributed by atoms with E-state index in [0.29, 0.717) is 49.1 Å². The van der Waals surface area contributed by atoms with Gasteiger partial charge in [-0.3, -0.25) is 9.80 Å². The molecular formula is C60H63BrN6O8. The highest BCUT2D eigenvalue weighted by atomic mass is 79.9. The van der Waals surface area contributed by atoms with Crippen LogP contribution in [-0.4, -0.2) is 155 Å². The Balaban J connectivity index is 0.000000176. The minimum atomic E-state index is -1.01. The summed E-state index contributed by atoms with van der Waals surface area (Å²) in [6, 6.07) is 49.7. The SMILES string of the molecule is C#Cc1ccccc1.COc1ccc(NC(=O)N2C[C@H](O)[C@H](O)CN3C[C@H](c4ccc(Br)cc4)[C@@H]3C2)cc1.COc1ccc(NC(=O)N2C[C@H](O)[C@H](O)CN3C[C@H](c4ccc(C#Cc5ccccc5)cc4)[C@@H]3C2)cc1. The zero-order valence-electron chi connectivity index (χ0n) is 42.0. The predicted octanol–water partition coefficient (Wildman–Crippen LogP) is 7.30. The molecule has 6 aromatic rings. The molecule has 4 aliphatic rings. The molecule has 6 N–H and O–H groups in total. The van der Waals surface area contributed by atoms with Gasteiger partial charge in [-0.15, -0.1) is 6.42 Å². The summed E-state index contributed by atoms with van der Waals surface area (Å²) < 4.78 is 11.4. The maximum Gasteiger partial charge on any atom is 0.321 e. The molecule has 75 heavy (non-hydrogen) atoms. The maximum atomic E-state index is 13.1. The van der Waals surface area contributed by atoms with Crippen LogP contribution >= 0.6 is 15.9 Å². The molecule has 4 heterocycles. The van der Waals surface area contributed by atoms with Crippen LogP contribution in [-0.2, 0) is 0 Å². The number of rotatable bonds is 6. The molecule has 388 valence electrons. The first-order valence-electron chi connectivity index (χ1n) is 24.9. The number of β-amino-alcohol motifs (C(OH)–C–C–N with tert-alkyl or cyclic N) is 2. The van der Waals surface area contributed by atoms with Crippen LogP contribution in [0.3, 0.4) is 0 Å². The summed E-state index contributed by atoms with van der Waals surface area (Å²) in [6.45, 7) is 3.43. The minimum absolute atomic E-state index is 0.0463. The number of terminal acetylenes is 1. The molecule has 0 aliphatic carbocycles. The lowest BCUT2D eigenvalue weighted by atomic mass is 9.81. The molecule has 15 heteroatoms. The first-order chi connectivity index (χ1) is 36.4. The van der Waals surface area contributed by atoms with E-state index in [2.05, 4.69) is 78.4 Å². The van der Waals surface area contributed by atoms with Crippen molar-refractivity contribution in [1.29, 1.82) is 0 Å². The van der Waals surface area contributed by atoms with Crippen molar-refractivity contribution in [3.63, 3.8) is 0 Å². The van der Waals surface area contributed by atoms with E-state index < -0.39 is 24.4 Å². The number of hydrogen-bond donors (Lipinski definition) is 6. The molecule has 8 atom stereocenters. The van der Waals surface area contributed by atoms with Crippen molar-refractivity contribution < 1.29 is 39.5 Å². The Hall–Kier alpha value is -7.18. The highest BCUT2D eigenvalue weighted by molar-refractivity contribution is 9.10. The number of carbonyl (C=O) groups is 2. The molecule has 0 bridgehead atoms. The highest BCUT2D eigenvalue weighted by Crippen LogP contribution is 2.38. The van der Waals surface area contributed by atoms with Gasteiger partial charge in [0.1, 0.15) is 11.5 Å². The molecular weight excluding hydrogens is 1010 g/mol. The first kappa shape index (κ1) is 54.1. The van der Waals surface area contributed by atoms with Gasteiger partial charge in [-0.2, -0.15) is 0 Å². The molecule has 4 amide bonds. The number of hydrogen-bond acceptors (Lipinski definition) is 10. The fourth-order valence-corrected chi connectivity index (χ4v) is 9.91. The van der Waals surface area contributed by atoms with Crippen LogP contribution in [0.1, 0.15) is 39.7 Å². The van der Waals surface area contributed by atoms with Crippen LogP contribution in [0, 0.1) is 24.2 Å². The summed E-state index contributed by atoms with van der Waals surface area (Å²) >= 11 is 3.47. The number of aliphatic hydroxyl groups excluding tert-OH is 4. The standard InChI is InChI=1S/C30H31N3O4.C22H26BrN3O4.C8H6/c1-37-25-15-13-24(14-16-25)31-30(36)33-18-27-26(17-32(27)19-28(34)29(35)20-33)23-11-9-22(10-12-23)8-7-21-5-3-2-4-6-21;1-30-17-8-6-16(7-9-17)24-22(29)26-11-19-18(14-2-4-15(23)5-3-14)10-25(19)12-20(27)21(28)13-26;1-2-8-6-4-3-5-7-8/h2-6,9-16,26-29,34-35H,17-20H2,1H3,(H,31,36);2-9,18-21,27-28H,10-13H2,1H3,(H,24,29);1,3-7H/t26-,27+,28-,29+;18-,19+,20-,21+;/m11./s1. The summed E-state index contributed by atoms with van der Waals surface area (Å²) in [5, 5.41) is 47.5. The van der Waals surface area contributed by atoms with E-state index in [-0.39, 0.29) is 49.1 Å².